The summed E-state index contributed by atoms with van der Waals surface area (Å²) in [6.45, 7) is 3.00. The molecule has 1 saturated heterocycles. The molecule has 1 aliphatic rings. The minimum atomic E-state index is -3.64. The van der Waals surface area contributed by atoms with E-state index in [9.17, 15) is 16.8 Å². The normalized spacial score (nSPS) is 18.0. The van der Waals surface area contributed by atoms with Gasteiger partial charge in [0.25, 0.3) is 10.0 Å². The number of hydrogen-bond acceptors (Lipinski definition) is 6. The lowest BCUT2D eigenvalue weighted by Gasteiger charge is -2.32. The van der Waals surface area contributed by atoms with Gasteiger partial charge >= 0.3 is 0 Å². The first-order valence-electron chi connectivity index (χ1n) is 7.42. The summed E-state index contributed by atoms with van der Waals surface area (Å²) in [6, 6.07) is 3.24. The maximum Gasteiger partial charge on any atom is 0.252 e. The number of thiophene rings is 1. The Morgan fingerprint density at radius 1 is 1.08 bits per heavy atom. The number of nitrogens with zero attached hydrogens (tertiary/aromatic N) is 4. The molecule has 0 unspecified atom stereocenters. The quantitative estimate of drug-likeness (QED) is 0.748. The van der Waals surface area contributed by atoms with Crippen molar-refractivity contribution in [2.45, 2.75) is 22.6 Å². The average molecular weight is 391 g/mol. The van der Waals surface area contributed by atoms with Gasteiger partial charge in [0.1, 0.15) is 9.10 Å². The molecule has 0 aliphatic carbocycles. The highest BCUT2D eigenvalue weighted by molar-refractivity contribution is 7.91. The van der Waals surface area contributed by atoms with E-state index in [0.717, 1.165) is 11.3 Å². The Morgan fingerprint density at radius 3 is 2.21 bits per heavy atom. The molecular formula is C13H18N4O4S3. The molecule has 11 heteroatoms. The molecule has 3 heterocycles. The van der Waals surface area contributed by atoms with Crippen molar-refractivity contribution in [3.8, 4) is 0 Å². The van der Waals surface area contributed by atoms with Gasteiger partial charge < -0.3 is 0 Å². The number of aryl methyl sites for hydroxylation is 1. The van der Waals surface area contributed by atoms with Crippen LogP contribution in [0.1, 0.15) is 6.92 Å². The van der Waals surface area contributed by atoms with Crippen molar-refractivity contribution in [1.29, 1.82) is 0 Å². The summed E-state index contributed by atoms with van der Waals surface area (Å²) in [5.41, 5.74) is 0. The molecule has 2 aromatic rings. The molecule has 2 aromatic heterocycles. The van der Waals surface area contributed by atoms with Gasteiger partial charge in [0.2, 0.25) is 10.0 Å². The van der Waals surface area contributed by atoms with Gasteiger partial charge in [-0.3, -0.25) is 4.68 Å². The number of hydrogen-bond donors (Lipinski definition) is 0. The highest BCUT2D eigenvalue weighted by Gasteiger charge is 2.34. The van der Waals surface area contributed by atoms with E-state index in [1.165, 1.54) is 21.0 Å². The number of rotatable bonds is 5. The van der Waals surface area contributed by atoms with Gasteiger partial charge in [-0.05, 0) is 18.4 Å². The van der Waals surface area contributed by atoms with E-state index in [4.69, 9.17) is 0 Å². The van der Waals surface area contributed by atoms with E-state index in [-0.39, 0.29) is 35.3 Å². The molecule has 1 aliphatic heterocycles. The highest BCUT2D eigenvalue weighted by atomic mass is 32.2. The third-order valence-electron chi connectivity index (χ3n) is 3.86. The molecule has 0 N–H and O–H groups in total. The summed E-state index contributed by atoms with van der Waals surface area (Å²) in [6.07, 6.45) is 2.82. The predicted molar refractivity (Wildman–Crippen MR) is 89.7 cm³/mol. The van der Waals surface area contributed by atoms with Crippen LogP contribution in [-0.4, -0.2) is 61.4 Å². The second kappa shape index (κ2) is 6.56. The summed E-state index contributed by atoms with van der Waals surface area (Å²) in [5.74, 6) is 0. The molecule has 0 aromatic carbocycles. The van der Waals surface area contributed by atoms with Crippen LogP contribution >= 0.6 is 11.3 Å². The van der Waals surface area contributed by atoms with E-state index in [1.54, 1.807) is 22.2 Å². The van der Waals surface area contributed by atoms with E-state index in [1.807, 2.05) is 6.92 Å². The lowest BCUT2D eigenvalue weighted by atomic mass is 10.4. The van der Waals surface area contributed by atoms with Crippen LogP contribution in [0.2, 0.25) is 0 Å². The molecule has 8 nitrogen and oxygen atoms in total. The van der Waals surface area contributed by atoms with Crippen molar-refractivity contribution >= 4 is 31.4 Å². The van der Waals surface area contributed by atoms with Crippen LogP contribution in [0.3, 0.4) is 0 Å². The van der Waals surface area contributed by atoms with Crippen molar-refractivity contribution in [1.82, 2.24) is 18.4 Å². The lowest BCUT2D eigenvalue weighted by molar-refractivity contribution is 0.273. The van der Waals surface area contributed by atoms with Crippen LogP contribution in [-0.2, 0) is 26.6 Å². The smallest absolute Gasteiger partial charge is 0.252 e. The standard InChI is InChI=1S/C13H18N4O4S3/c1-2-15-11-12(10-14-15)23(18,19)16-5-7-17(8-6-16)24(20,21)13-4-3-9-22-13/h3-4,9-11H,2,5-8H2,1H3. The molecule has 3 rings (SSSR count). The van der Waals surface area contributed by atoms with Gasteiger partial charge in [0.05, 0.1) is 6.20 Å². The van der Waals surface area contributed by atoms with Crippen molar-refractivity contribution in [3.05, 3.63) is 29.9 Å². The molecule has 0 saturated carbocycles. The maximum atomic E-state index is 12.6. The minimum absolute atomic E-state index is 0.129. The van der Waals surface area contributed by atoms with Gasteiger partial charge in [-0.1, -0.05) is 6.07 Å². The summed E-state index contributed by atoms with van der Waals surface area (Å²) < 4.78 is 54.6. The molecule has 1 fully saturated rings. The molecule has 0 spiro atoms. The zero-order valence-electron chi connectivity index (χ0n) is 13.1. The summed E-state index contributed by atoms with van der Waals surface area (Å²) in [4.78, 5) is 0.138. The molecule has 0 amide bonds. The monoisotopic (exact) mass is 390 g/mol. The summed E-state index contributed by atoms with van der Waals surface area (Å²) >= 11 is 1.16. The first-order valence-corrected chi connectivity index (χ1v) is 11.2. The van der Waals surface area contributed by atoms with Crippen molar-refractivity contribution < 1.29 is 16.8 Å². The van der Waals surface area contributed by atoms with Gasteiger partial charge in [-0.15, -0.1) is 11.3 Å². The molecule has 132 valence electrons. The molecule has 0 bridgehead atoms. The fourth-order valence-electron chi connectivity index (χ4n) is 2.49. The zero-order chi connectivity index (χ0) is 17.4. The highest BCUT2D eigenvalue weighted by Crippen LogP contribution is 2.24. The number of aromatic nitrogens is 2. The first-order chi connectivity index (χ1) is 11.4. The lowest BCUT2D eigenvalue weighted by Crippen LogP contribution is -2.50. The Morgan fingerprint density at radius 2 is 1.71 bits per heavy atom. The Balaban J connectivity index is 1.73. The minimum Gasteiger partial charge on any atom is -0.272 e. The fourth-order valence-corrected chi connectivity index (χ4v) is 6.43. The Kier molecular flexibility index (Phi) is 4.80. The van der Waals surface area contributed by atoms with Crippen molar-refractivity contribution in [2.24, 2.45) is 0 Å². The van der Waals surface area contributed by atoms with Crippen LogP contribution in [0.25, 0.3) is 0 Å². The van der Waals surface area contributed by atoms with Crippen LogP contribution < -0.4 is 0 Å². The van der Waals surface area contributed by atoms with Gasteiger partial charge in [0.15, 0.2) is 0 Å². The Bertz CT molecular complexity index is 895. The van der Waals surface area contributed by atoms with E-state index in [2.05, 4.69) is 5.10 Å². The first kappa shape index (κ1) is 17.5. The predicted octanol–water partition coefficient (Wildman–Crippen LogP) is 0.660. The van der Waals surface area contributed by atoms with E-state index >= 15 is 0 Å². The summed E-state index contributed by atoms with van der Waals surface area (Å²) in [5, 5.41) is 5.70. The third-order valence-corrected chi connectivity index (χ3v) is 8.98. The topological polar surface area (TPSA) is 92.6 Å². The van der Waals surface area contributed by atoms with Crippen molar-refractivity contribution in [3.63, 3.8) is 0 Å². The third kappa shape index (κ3) is 3.14. The van der Waals surface area contributed by atoms with Crippen LogP contribution in [0.4, 0.5) is 0 Å². The number of sulfonamides is 2. The molecule has 0 atom stereocenters. The Hall–Kier alpha value is -1.27. The van der Waals surface area contributed by atoms with Gasteiger partial charge in [-0.25, -0.2) is 16.8 Å². The largest absolute Gasteiger partial charge is 0.272 e. The second-order valence-electron chi connectivity index (χ2n) is 5.27. The summed E-state index contributed by atoms with van der Waals surface area (Å²) in [7, 11) is -7.18. The Labute approximate surface area is 145 Å². The van der Waals surface area contributed by atoms with Crippen LogP contribution in [0.5, 0.6) is 0 Å². The second-order valence-corrected chi connectivity index (χ2v) is 10.3. The molecule has 0 radical (unpaired) electrons. The van der Waals surface area contributed by atoms with Gasteiger partial charge in [-0.2, -0.15) is 13.7 Å². The fraction of sp³-hybridized carbons (Fsp3) is 0.462. The van der Waals surface area contributed by atoms with Gasteiger partial charge in [0, 0.05) is 38.9 Å². The van der Waals surface area contributed by atoms with E-state index < -0.39 is 20.0 Å². The van der Waals surface area contributed by atoms with Crippen LogP contribution in [0.15, 0.2) is 39.0 Å². The average Bonchev–Trinajstić information content (AvgIpc) is 3.26. The van der Waals surface area contributed by atoms with Crippen LogP contribution in [0, 0.1) is 0 Å². The molecule has 24 heavy (non-hydrogen) atoms. The van der Waals surface area contributed by atoms with Crippen molar-refractivity contribution in [2.75, 3.05) is 26.2 Å². The zero-order valence-corrected chi connectivity index (χ0v) is 15.5. The molecular weight excluding hydrogens is 372 g/mol. The van der Waals surface area contributed by atoms with E-state index in [0.29, 0.717) is 6.54 Å². The SMILES string of the molecule is CCn1cc(S(=O)(=O)N2CCN(S(=O)(=O)c3cccs3)CC2)cn1. The number of piperazine rings is 1. The maximum absolute atomic E-state index is 12.6.